The standard InChI is InChI=1S/C22H27N5O/c28-22(21-14-17-6-2-3-7-20(17)24-21)26-15-18-8-10-23-27(18)19(16-26)9-13-25-11-4-1-5-12-25/h2-3,6-8,10,14,19,24H,1,4-5,9,11-13,15-16H2. The Morgan fingerprint density at radius 2 is 2.00 bits per heavy atom. The molecule has 1 saturated heterocycles. The van der Waals surface area contributed by atoms with Crippen LogP contribution in [0.5, 0.6) is 0 Å². The van der Waals surface area contributed by atoms with E-state index < -0.39 is 0 Å². The molecule has 1 N–H and O–H groups in total. The second kappa shape index (κ2) is 7.43. The third kappa shape index (κ3) is 3.33. The van der Waals surface area contributed by atoms with Gasteiger partial charge in [-0.2, -0.15) is 5.10 Å². The van der Waals surface area contributed by atoms with Gasteiger partial charge in [-0.3, -0.25) is 9.48 Å². The summed E-state index contributed by atoms with van der Waals surface area (Å²) in [6.45, 7) is 4.83. The van der Waals surface area contributed by atoms with Crippen molar-refractivity contribution in [2.45, 2.75) is 38.3 Å². The first kappa shape index (κ1) is 17.5. The van der Waals surface area contributed by atoms with Crippen molar-refractivity contribution in [1.82, 2.24) is 24.6 Å². The molecule has 1 aromatic carbocycles. The summed E-state index contributed by atoms with van der Waals surface area (Å²) in [5, 5.41) is 5.63. The van der Waals surface area contributed by atoms with Gasteiger partial charge in [0.2, 0.25) is 0 Å². The van der Waals surface area contributed by atoms with Crippen molar-refractivity contribution in [2.75, 3.05) is 26.2 Å². The van der Waals surface area contributed by atoms with Crippen molar-refractivity contribution < 1.29 is 4.79 Å². The first-order valence-corrected chi connectivity index (χ1v) is 10.4. The van der Waals surface area contributed by atoms with E-state index in [1.165, 1.54) is 32.4 Å². The van der Waals surface area contributed by atoms with E-state index in [1.807, 2.05) is 47.5 Å². The number of carbonyl (C=O) groups is 1. The zero-order valence-corrected chi connectivity index (χ0v) is 16.2. The molecule has 1 unspecified atom stereocenters. The average molecular weight is 377 g/mol. The maximum atomic E-state index is 13.2. The quantitative estimate of drug-likeness (QED) is 0.758. The number of fused-ring (bicyclic) bond motifs is 2. The normalized spacial score (nSPS) is 20.4. The Hall–Kier alpha value is -2.60. The fraction of sp³-hybridized carbons (Fsp3) is 0.455. The Labute approximate surface area is 165 Å². The molecule has 1 fully saturated rings. The van der Waals surface area contributed by atoms with Crippen molar-refractivity contribution >= 4 is 16.8 Å². The van der Waals surface area contributed by atoms with E-state index in [1.54, 1.807) is 0 Å². The summed E-state index contributed by atoms with van der Waals surface area (Å²) < 4.78 is 2.14. The van der Waals surface area contributed by atoms with Gasteiger partial charge in [-0.15, -0.1) is 0 Å². The lowest BCUT2D eigenvalue weighted by Gasteiger charge is -2.35. The summed E-state index contributed by atoms with van der Waals surface area (Å²) >= 11 is 0. The van der Waals surface area contributed by atoms with Gasteiger partial charge in [0.1, 0.15) is 5.69 Å². The van der Waals surface area contributed by atoms with Crippen LogP contribution in [0.15, 0.2) is 42.6 Å². The van der Waals surface area contributed by atoms with Crippen molar-refractivity contribution in [3.63, 3.8) is 0 Å². The maximum absolute atomic E-state index is 13.2. The maximum Gasteiger partial charge on any atom is 0.270 e. The van der Waals surface area contributed by atoms with Crippen LogP contribution in [0.4, 0.5) is 0 Å². The zero-order valence-electron chi connectivity index (χ0n) is 16.2. The van der Waals surface area contributed by atoms with Gasteiger partial charge >= 0.3 is 0 Å². The average Bonchev–Trinajstić information content (AvgIpc) is 3.39. The molecule has 2 aliphatic rings. The lowest BCUT2D eigenvalue weighted by atomic mass is 10.1. The number of benzene rings is 1. The van der Waals surface area contributed by atoms with E-state index in [0.29, 0.717) is 12.2 Å². The Bertz CT molecular complexity index is 935. The van der Waals surface area contributed by atoms with Crippen LogP contribution in [0, 0.1) is 0 Å². The van der Waals surface area contributed by atoms with Crippen LogP contribution >= 0.6 is 0 Å². The van der Waals surface area contributed by atoms with Gasteiger partial charge in [0.25, 0.3) is 5.91 Å². The van der Waals surface area contributed by atoms with Crippen LogP contribution in [0.3, 0.4) is 0 Å². The molecule has 1 atom stereocenters. The molecule has 6 heteroatoms. The number of amides is 1. The van der Waals surface area contributed by atoms with Crippen molar-refractivity contribution in [2.24, 2.45) is 0 Å². The molecule has 4 heterocycles. The minimum absolute atomic E-state index is 0.0756. The van der Waals surface area contributed by atoms with Gasteiger partial charge in [0.15, 0.2) is 0 Å². The minimum atomic E-state index is 0.0756. The molecule has 6 nitrogen and oxygen atoms in total. The second-order valence-corrected chi connectivity index (χ2v) is 8.07. The molecular formula is C22H27N5O. The van der Waals surface area contributed by atoms with Crippen LogP contribution < -0.4 is 0 Å². The number of nitrogens with zero attached hydrogens (tertiary/aromatic N) is 4. The molecular weight excluding hydrogens is 350 g/mol. The number of para-hydroxylation sites is 1. The SMILES string of the molecule is O=C(c1cc2ccccc2[nH]1)N1Cc2ccnn2C(CCN2CCCCC2)C1. The summed E-state index contributed by atoms with van der Waals surface area (Å²) in [4.78, 5) is 21.0. The molecule has 0 aliphatic carbocycles. The number of piperidine rings is 1. The highest BCUT2D eigenvalue weighted by Gasteiger charge is 2.30. The Morgan fingerprint density at radius 1 is 1.14 bits per heavy atom. The number of likely N-dealkylation sites (tertiary alicyclic amines) is 1. The number of aromatic nitrogens is 3. The molecule has 0 spiro atoms. The van der Waals surface area contributed by atoms with Crippen LogP contribution in [-0.2, 0) is 6.54 Å². The fourth-order valence-electron chi connectivity index (χ4n) is 4.63. The summed E-state index contributed by atoms with van der Waals surface area (Å²) in [5.41, 5.74) is 2.80. The molecule has 28 heavy (non-hydrogen) atoms. The van der Waals surface area contributed by atoms with E-state index in [0.717, 1.165) is 36.1 Å². The predicted octanol–water partition coefficient (Wildman–Crippen LogP) is 3.44. The van der Waals surface area contributed by atoms with Crippen LogP contribution in [0.25, 0.3) is 10.9 Å². The van der Waals surface area contributed by atoms with Crippen molar-refractivity contribution in [3.05, 3.63) is 54.0 Å². The highest BCUT2D eigenvalue weighted by atomic mass is 16.2. The molecule has 1 amide bonds. The fourth-order valence-corrected chi connectivity index (χ4v) is 4.63. The molecule has 146 valence electrons. The number of hydrogen-bond donors (Lipinski definition) is 1. The molecule has 2 aliphatic heterocycles. The van der Waals surface area contributed by atoms with Crippen molar-refractivity contribution in [3.8, 4) is 0 Å². The van der Waals surface area contributed by atoms with E-state index >= 15 is 0 Å². The minimum Gasteiger partial charge on any atom is -0.351 e. The monoisotopic (exact) mass is 377 g/mol. The summed E-state index contributed by atoms with van der Waals surface area (Å²) in [7, 11) is 0. The molecule has 3 aromatic rings. The second-order valence-electron chi connectivity index (χ2n) is 8.07. The molecule has 0 radical (unpaired) electrons. The highest BCUT2D eigenvalue weighted by Crippen LogP contribution is 2.26. The molecule has 2 aromatic heterocycles. The van der Waals surface area contributed by atoms with Gasteiger partial charge in [0, 0.05) is 30.2 Å². The number of rotatable bonds is 4. The topological polar surface area (TPSA) is 57.2 Å². The molecule has 0 saturated carbocycles. The van der Waals surface area contributed by atoms with Gasteiger partial charge < -0.3 is 14.8 Å². The lowest BCUT2D eigenvalue weighted by molar-refractivity contribution is 0.0649. The third-order valence-electron chi connectivity index (χ3n) is 6.16. The number of nitrogens with one attached hydrogen (secondary N) is 1. The van der Waals surface area contributed by atoms with Crippen LogP contribution in [0.1, 0.15) is 47.9 Å². The summed E-state index contributed by atoms with van der Waals surface area (Å²) in [5.74, 6) is 0.0756. The smallest absolute Gasteiger partial charge is 0.270 e. The zero-order chi connectivity index (χ0) is 18.9. The van der Waals surface area contributed by atoms with Gasteiger partial charge in [0.05, 0.1) is 18.3 Å². The predicted molar refractivity (Wildman–Crippen MR) is 109 cm³/mol. The summed E-state index contributed by atoms with van der Waals surface area (Å²) in [6, 6.07) is 12.3. The molecule has 0 bridgehead atoms. The van der Waals surface area contributed by atoms with Crippen LogP contribution in [-0.4, -0.2) is 56.7 Å². The van der Waals surface area contributed by atoms with Gasteiger partial charge in [-0.1, -0.05) is 24.6 Å². The number of carbonyl (C=O) groups excluding carboxylic acids is 1. The Morgan fingerprint density at radius 3 is 2.86 bits per heavy atom. The molecule has 5 rings (SSSR count). The van der Waals surface area contributed by atoms with E-state index in [4.69, 9.17) is 0 Å². The number of aromatic amines is 1. The van der Waals surface area contributed by atoms with Crippen molar-refractivity contribution in [1.29, 1.82) is 0 Å². The summed E-state index contributed by atoms with van der Waals surface area (Å²) in [6.07, 6.45) is 6.87. The number of H-pyrrole nitrogens is 1. The number of hydrogen-bond acceptors (Lipinski definition) is 3. The first-order valence-electron chi connectivity index (χ1n) is 10.4. The lowest BCUT2D eigenvalue weighted by Crippen LogP contribution is -2.42. The first-order chi connectivity index (χ1) is 13.8. The van der Waals surface area contributed by atoms with Crippen LogP contribution in [0.2, 0.25) is 0 Å². The van der Waals surface area contributed by atoms with E-state index in [2.05, 4.69) is 19.7 Å². The highest BCUT2D eigenvalue weighted by molar-refractivity contribution is 5.98. The van der Waals surface area contributed by atoms with E-state index in [-0.39, 0.29) is 11.9 Å². The largest absolute Gasteiger partial charge is 0.351 e. The Balaban J connectivity index is 1.33. The van der Waals surface area contributed by atoms with Gasteiger partial charge in [-0.05, 0) is 50.6 Å². The van der Waals surface area contributed by atoms with Gasteiger partial charge in [-0.25, -0.2) is 0 Å². The third-order valence-corrected chi connectivity index (χ3v) is 6.16. The Kier molecular flexibility index (Phi) is 4.64. The van der Waals surface area contributed by atoms with E-state index in [9.17, 15) is 4.79 Å².